The minimum absolute atomic E-state index is 0.00302. The van der Waals surface area contributed by atoms with Crippen molar-refractivity contribution < 1.29 is 22.3 Å². The van der Waals surface area contributed by atoms with Crippen LogP contribution in [0.2, 0.25) is 5.02 Å². The maximum atomic E-state index is 12.7. The summed E-state index contributed by atoms with van der Waals surface area (Å²) in [5.74, 6) is -0.931. The summed E-state index contributed by atoms with van der Waals surface area (Å²) in [7, 11) is -3.70. The summed E-state index contributed by atoms with van der Waals surface area (Å²) >= 11 is 5.70. The molecule has 0 atom stereocenters. The van der Waals surface area contributed by atoms with Gasteiger partial charge in [0.25, 0.3) is 0 Å². The molecule has 1 N–H and O–H groups in total. The van der Waals surface area contributed by atoms with Gasteiger partial charge in [0.05, 0.1) is 11.3 Å². The third-order valence-electron chi connectivity index (χ3n) is 3.06. The van der Waals surface area contributed by atoms with Crippen molar-refractivity contribution in [3.8, 4) is 0 Å². The lowest BCUT2D eigenvalue weighted by atomic mass is 10.2. The Balaban J connectivity index is 1.77. The number of sulfonamides is 1. The monoisotopic (exact) mass is 371 g/mol. The topological polar surface area (TPSA) is 72.5 Å². The Bertz CT molecular complexity index is 792. The number of esters is 1. The normalized spacial score (nSPS) is 11.2. The van der Waals surface area contributed by atoms with Crippen LogP contribution >= 0.6 is 11.6 Å². The third kappa shape index (κ3) is 5.59. The smallest absolute Gasteiger partial charge is 0.307 e. The molecule has 0 amide bonds. The quantitative estimate of drug-likeness (QED) is 0.759. The molecule has 0 bridgehead atoms. The van der Waals surface area contributed by atoms with E-state index in [-0.39, 0.29) is 30.3 Å². The Labute approximate surface area is 144 Å². The zero-order chi connectivity index (χ0) is 17.6. The van der Waals surface area contributed by atoms with Crippen molar-refractivity contribution in [3.05, 3.63) is 64.9 Å². The van der Waals surface area contributed by atoms with E-state index in [1.54, 1.807) is 0 Å². The predicted molar refractivity (Wildman–Crippen MR) is 87.5 cm³/mol. The number of halogens is 2. The molecule has 0 aromatic heterocycles. The average Bonchev–Trinajstić information content (AvgIpc) is 2.54. The Hall–Kier alpha value is -1.96. The average molecular weight is 372 g/mol. The van der Waals surface area contributed by atoms with E-state index >= 15 is 0 Å². The molecule has 0 heterocycles. The first kappa shape index (κ1) is 18.4. The highest BCUT2D eigenvalue weighted by Gasteiger charge is 2.14. The number of hydrogen-bond acceptors (Lipinski definition) is 4. The van der Waals surface area contributed by atoms with Crippen LogP contribution in [-0.4, -0.2) is 20.9 Å². The van der Waals surface area contributed by atoms with Crippen molar-refractivity contribution in [3.63, 3.8) is 0 Å². The molecule has 5 nitrogen and oxygen atoms in total. The SMILES string of the molecule is O=C(CCNS(=O)(=O)c1ccc(Cl)cc1)OCc1ccc(F)cc1. The highest BCUT2D eigenvalue weighted by molar-refractivity contribution is 7.89. The first-order chi connectivity index (χ1) is 11.4. The molecule has 24 heavy (non-hydrogen) atoms. The van der Waals surface area contributed by atoms with E-state index in [9.17, 15) is 17.6 Å². The Morgan fingerprint density at radius 3 is 2.33 bits per heavy atom. The maximum absolute atomic E-state index is 12.7. The summed E-state index contributed by atoms with van der Waals surface area (Å²) in [5.41, 5.74) is 0.645. The van der Waals surface area contributed by atoms with Crippen LogP contribution in [0.15, 0.2) is 53.4 Å². The van der Waals surface area contributed by atoms with Gasteiger partial charge in [-0.3, -0.25) is 4.79 Å². The zero-order valence-electron chi connectivity index (χ0n) is 12.5. The van der Waals surface area contributed by atoms with E-state index in [0.717, 1.165) is 0 Å². The second-order valence-electron chi connectivity index (χ2n) is 4.89. The molecule has 2 rings (SSSR count). The van der Waals surface area contributed by atoms with E-state index in [1.165, 1.54) is 48.5 Å². The molecule has 2 aromatic carbocycles. The minimum Gasteiger partial charge on any atom is -0.461 e. The number of rotatable bonds is 7. The van der Waals surface area contributed by atoms with Crippen LogP contribution in [0.25, 0.3) is 0 Å². The van der Waals surface area contributed by atoms with Gasteiger partial charge >= 0.3 is 5.97 Å². The van der Waals surface area contributed by atoms with E-state index in [2.05, 4.69) is 4.72 Å². The number of carbonyl (C=O) groups is 1. The van der Waals surface area contributed by atoms with Gasteiger partial charge in [-0.2, -0.15) is 0 Å². The standard InChI is InChI=1S/C16H15ClFNO4S/c17-13-3-7-15(8-4-13)24(21,22)19-10-9-16(20)23-11-12-1-5-14(18)6-2-12/h1-8,19H,9-11H2. The second-order valence-corrected chi connectivity index (χ2v) is 7.09. The summed E-state index contributed by atoms with van der Waals surface area (Å²) in [6.07, 6.45) is -0.117. The molecule has 0 aliphatic carbocycles. The summed E-state index contributed by atoms with van der Waals surface area (Å²) in [4.78, 5) is 11.7. The fraction of sp³-hybridized carbons (Fsp3) is 0.188. The van der Waals surface area contributed by atoms with Gasteiger partial charge in [0, 0.05) is 11.6 Å². The van der Waals surface area contributed by atoms with Crippen LogP contribution in [0.4, 0.5) is 4.39 Å². The van der Waals surface area contributed by atoms with Crippen molar-refractivity contribution >= 4 is 27.6 Å². The lowest BCUT2D eigenvalue weighted by molar-refractivity contribution is -0.144. The van der Waals surface area contributed by atoms with Crippen molar-refractivity contribution in [1.29, 1.82) is 0 Å². The Morgan fingerprint density at radius 2 is 1.71 bits per heavy atom. The van der Waals surface area contributed by atoms with Gasteiger partial charge in [0.1, 0.15) is 12.4 Å². The highest BCUT2D eigenvalue weighted by atomic mass is 35.5. The minimum atomic E-state index is -3.70. The maximum Gasteiger partial charge on any atom is 0.307 e. The molecule has 0 saturated carbocycles. The molecular weight excluding hydrogens is 357 g/mol. The molecule has 2 aromatic rings. The van der Waals surface area contributed by atoms with Gasteiger partial charge in [-0.1, -0.05) is 23.7 Å². The highest BCUT2D eigenvalue weighted by Crippen LogP contribution is 2.13. The van der Waals surface area contributed by atoms with Crippen molar-refractivity contribution in [2.45, 2.75) is 17.9 Å². The van der Waals surface area contributed by atoms with Crippen LogP contribution in [-0.2, 0) is 26.2 Å². The number of benzene rings is 2. The fourth-order valence-electron chi connectivity index (χ4n) is 1.80. The summed E-state index contributed by atoms with van der Waals surface area (Å²) in [6.45, 7) is -0.0870. The molecule has 0 unspecified atom stereocenters. The predicted octanol–water partition coefficient (Wildman–Crippen LogP) is 2.89. The molecule has 128 valence electrons. The van der Waals surface area contributed by atoms with E-state index in [4.69, 9.17) is 16.3 Å². The van der Waals surface area contributed by atoms with Gasteiger partial charge in [-0.05, 0) is 42.0 Å². The van der Waals surface area contributed by atoms with Crippen LogP contribution in [0.5, 0.6) is 0 Å². The Morgan fingerprint density at radius 1 is 1.08 bits per heavy atom. The number of ether oxygens (including phenoxy) is 1. The molecule has 0 aliphatic rings. The lowest BCUT2D eigenvalue weighted by Crippen LogP contribution is -2.26. The van der Waals surface area contributed by atoms with Gasteiger partial charge in [0.15, 0.2) is 0 Å². The lowest BCUT2D eigenvalue weighted by Gasteiger charge is -2.07. The fourth-order valence-corrected chi connectivity index (χ4v) is 2.96. The second kappa shape index (κ2) is 8.23. The molecular formula is C16H15ClFNO4S. The Kier molecular flexibility index (Phi) is 6.30. The first-order valence-electron chi connectivity index (χ1n) is 7.02. The molecule has 0 radical (unpaired) electrons. The van der Waals surface area contributed by atoms with Crippen molar-refractivity contribution in [1.82, 2.24) is 4.72 Å². The van der Waals surface area contributed by atoms with Crippen LogP contribution in [0.3, 0.4) is 0 Å². The van der Waals surface area contributed by atoms with Gasteiger partial charge in [0.2, 0.25) is 10.0 Å². The summed E-state index contributed by atoms with van der Waals surface area (Å²) in [6, 6.07) is 11.2. The molecule has 0 spiro atoms. The van der Waals surface area contributed by atoms with E-state index in [1.807, 2.05) is 0 Å². The molecule has 0 saturated heterocycles. The number of hydrogen-bond donors (Lipinski definition) is 1. The largest absolute Gasteiger partial charge is 0.461 e. The first-order valence-corrected chi connectivity index (χ1v) is 8.88. The van der Waals surface area contributed by atoms with E-state index < -0.39 is 16.0 Å². The molecule has 8 heteroatoms. The van der Waals surface area contributed by atoms with Crippen LogP contribution < -0.4 is 4.72 Å². The summed E-state index contributed by atoms with van der Waals surface area (Å²) < 4.78 is 44.0. The van der Waals surface area contributed by atoms with Crippen LogP contribution in [0.1, 0.15) is 12.0 Å². The number of nitrogens with one attached hydrogen (secondary N) is 1. The van der Waals surface area contributed by atoms with Gasteiger partial charge < -0.3 is 4.74 Å². The third-order valence-corrected chi connectivity index (χ3v) is 4.79. The van der Waals surface area contributed by atoms with Gasteiger partial charge in [-0.15, -0.1) is 0 Å². The van der Waals surface area contributed by atoms with Gasteiger partial charge in [-0.25, -0.2) is 17.5 Å². The zero-order valence-corrected chi connectivity index (χ0v) is 14.1. The number of carbonyl (C=O) groups excluding carboxylic acids is 1. The molecule has 0 aliphatic heterocycles. The van der Waals surface area contributed by atoms with Crippen molar-refractivity contribution in [2.24, 2.45) is 0 Å². The van der Waals surface area contributed by atoms with Crippen LogP contribution in [0, 0.1) is 5.82 Å². The van der Waals surface area contributed by atoms with E-state index in [0.29, 0.717) is 10.6 Å². The summed E-state index contributed by atoms with van der Waals surface area (Å²) in [5, 5.41) is 0.429. The van der Waals surface area contributed by atoms with Crippen molar-refractivity contribution in [2.75, 3.05) is 6.54 Å². The molecule has 0 fully saturated rings.